The van der Waals surface area contributed by atoms with E-state index in [0.717, 1.165) is 38.2 Å². The summed E-state index contributed by atoms with van der Waals surface area (Å²) in [6, 6.07) is 18.6. The number of hydrogen-bond donors (Lipinski definition) is 1. The molecule has 0 aromatic heterocycles. The third kappa shape index (κ3) is 4.88. The van der Waals surface area contributed by atoms with Crippen LogP contribution in [-0.4, -0.2) is 42.9 Å². The van der Waals surface area contributed by atoms with Gasteiger partial charge in [0.25, 0.3) is 0 Å². The van der Waals surface area contributed by atoms with E-state index in [9.17, 15) is 4.79 Å². The highest BCUT2D eigenvalue weighted by molar-refractivity contribution is 14.1. The summed E-state index contributed by atoms with van der Waals surface area (Å²) >= 11 is 2.29. The number of hydrogen-bond acceptors (Lipinski definition) is 3. The predicted octanol–water partition coefficient (Wildman–Crippen LogP) is 2.92. The molecule has 0 bridgehead atoms. The van der Waals surface area contributed by atoms with E-state index in [1.165, 1.54) is 9.13 Å². The van der Waals surface area contributed by atoms with Gasteiger partial charge in [-0.15, -0.1) is 0 Å². The van der Waals surface area contributed by atoms with Gasteiger partial charge in [0.15, 0.2) is 5.78 Å². The van der Waals surface area contributed by atoms with Gasteiger partial charge in [-0.05, 0) is 52.3 Å². The Morgan fingerprint density at radius 2 is 1.67 bits per heavy atom. The van der Waals surface area contributed by atoms with Crippen LogP contribution in [0.4, 0.5) is 0 Å². The number of nitrogens with zero attached hydrogens (tertiary/aromatic N) is 1. The van der Waals surface area contributed by atoms with E-state index in [2.05, 4.69) is 69.2 Å². The van der Waals surface area contributed by atoms with Gasteiger partial charge in [-0.25, -0.2) is 0 Å². The first kappa shape index (κ1) is 17.6. The monoisotopic (exact) mass is 434 g/mol. The zero-order valence-electron chi connectivity index (χ0n) is 13.7. The number of benzene rings is 2. The molecule has 1 atom stereocenters. The van der Waals surface area contributed by atoms with Crippen molar-refractivity contribution in [3.05, 3.63) is 69.3 Å². The van der Waals surface area contributed by atoms with Crippen LogP contribution in [0, 0.1) is 3.57 Å². The molecule has 1 unspecified atom stereocenters. The second kappa shape index (κ2) is 8.74. The second-order valence-electron chi connectivity index (χ2n) is 6.26. The molecule has 3 rings (SSSR count). The van der Waals surface area contributed by atoms with Crippen molar-refractivity contribution in [2.24, 2.45) is 0 Å². The van der Waals surface area contributed by atoms with Gasteiger partial charge in [-0.3, -0.25) is 9.69 Å². The molecule has 2 aromatic rings. The fourth-order valence-electron chi connectivity index (χ4n) is 3.20. The number of rotatable bonds is 6. The highest BCUT2D eigenvalue weighted by atomic mass is 127. The third-order valence-electron chi connectivity index (χ3n) is 4.53. The van der Waals surface area contributed by atoms with E-state index in [1.807, 2.05) is 18.2 Å². The molecule has 1 saturated heterocycles. The lowest BCUT2D eigenvalue weighted by molar-refractivity contribution is -0.123. The smallest absolute Gasteiger partial charge is 0.154 e. The molecule has 1 aliphatic rings. The van der Waals surface area contributed by atoms with Crippen molar-refractivity contribution in [1.29, 1.82) is 0 Å². The Morgan fingerprint density at radius 1 is 1.00 bits per heavy atom. The topological polar surface area (TPSA) is 32.3 Å². The first-order chi connectivity index (χ1) is 11.7. The molecule has 1 N–H and O–H groups in total. The fraction of sp³-hybridized carbons (Fsp3) is 0.350. The molecule has 126 valence electrons. The fourth-order valence-corrected chi connectivity index (χ4v) is 3.56. The maximum Gasteiger partial charge on any atom is 0.154 e. The average Bonchev–Trinajstić information content (AvgIpc) is 2.63. The molecule has 24 heavy (non-hydrogen) atoms. The van der Waals surface area contributed by atoms with Crippen LogP contribution in [0.3, 0.4) is 0 Å². The summed E-state index contributed by atoms with van der Waals surface area (Å²) in [6.45, 7) is 3.80. The Morgan fingerprint density at radius 3 is 2.33 bits per heavy atom. The SMILES string of the molecule is O=C(Cc1ccc(I)cc1)C(Cc1ccccc1)N1CCNCC1. The van der Waals surface area contributed by atoms with Crippen LogP contribution >= 0.6 is 22.6 Å². The van der Waals surface area contributed by atoms with E-state index in [4.69, 9.17) is 0 Å². The first-order valence-electron chi connectivity index (χ1n) is 8.48. The molecule has 0 amide bonds. The molecule has 0 spiro atoms. The quantitative estimate of drug-likeness (QED) is 0.710. The van der Waals surface area contributed by atoms with E-state index >= 15 is 0 Å². The highest BCUT2D eigenvalue weighted by Gasteiger charge is 2.27. The van der Waals surface area contributed by atoms with Crippen molar-refractivity contribution in [2.75, 3.05) is 26.2 Å². The maximum absolute atomic E-state index is 13.0. The highest BCUT2D eigenvalue weighted by Crippen LogP contribution is 2.15. The summed E-state index contributed by atoms with van der Waals surface area (Å²) in [5.41, 5.74) is 2.34. The van der Waals surface area contributed by atoms with Crippen molar-refractivity contribution < 1.29 is 4.79 Å². The van der Waals surface area contributed by atoms with Gasteiger partial charge in [-0.2, -0.15) is 0 Å². The van der Waals surface area contributed by atoms with Gasteiger partial charge in [0, 0.05) is 36.2 Å². The second-order valence-corrected chi connectivity index (χ2v) is 7.51. The molecule has 0 saturated carbocycles. The largest absolute Gasteiger partial charge is 0.314 e. The van der Waals surface area contributed by atoms with Gasteiger partial charge in [-0.1, -0.05) is 42.5 Å². The van der Waals surface area contributed by atoms with Crippen LogP contribution in [0.15, 0.2) is 54.6 Å². The lowest BCUT2D eigenvalue weighted by Crippen LogP contribution is -2.52. The van der Waals surface area contributed by atoms with Crippen LogP contribution in [0.5, 0.6) is 0 Å². The van der Waals surface area contributed by atoms with Crippen molar-refractivity contribution in [3.8, 4) is 0 Å². The van der Waals surface area contributed by atoms with Gasteiger partial charge < -0.3 is 5.32 Å². The van der Waals surface area contributed by atoms with Crippen LogP contribution in [-0.2, 0) is 17.6 Å². The van der Waals surface area contributed by atoms with E-state index in [1.54, 1.807) is 0 Å². The Labute approximate surface area is 157 Å². The maximum atomic E-state index is 13.0. The number of carbonyl (C=O) groups excluding carboxylic acids is 1. The summed E-state index contributed by atoms with van der Waals surface area (Å²) in [5, 5.41) is 3.37. The molecule has 0 radical (unpaired) electrons. The zero-order chi connectivity index (χ0) is 16.8. The van der Waals surface area contributed by atoms with Crippen molar-refractivity contribution in [1.82, 2.24) is 10.2 Å². The number of halogens is 1. The molecule has 1 heterocycles. The van der Waals surface area contributed by atoms with E-state index < -0.39 is 0 Å². The number of piperazine rings is 1. The molecule has 0 aliphatic carbocycles. The number of carbonyl (C=O) groups is 1. The van der Waals surface area contributed by atoms with Crippen LogP contribution in [0.2, 0.25) is 0 Å². The van der Waals surface area contributed by atoms with Crippen molar-refractivity contribution in [3.63, 3.8) is 0 Å². The van der Waals surface area contributed by atoms with Gasteiger partial charge in [0.1, 0.15) is 0 Å². The van der Waals surface area contributed by atoms with Gasteiger partial charge >= 0.3 is 0 Å². The first-order valence-corrected chi connectivity index (χ1v) is 9.56. The molecule has 2 aromatic carbocycles. The summed E-state index contributed by atoms with van der Waals surface area (Å²) in [6.07, 6.45) is 1.31. The van der Waals surface area contributed by atoms with Gasteiger partial charge in [0.05, 0.1) is 6.04 Å². The Balaban J connectivity index is 1.74. The minimum atomic E-state index is -0.0335. The predicted molar refractivity (Wildman–Crippen MR) is 106 cm³/mol. The molecular weight excluding hydrogens is 411 g/mol. The summed E-state index contributed by atoms with van der Waals surface area (Å²) in [4.78, 5) is 15.4. The summed E-state index contributed by atoms with van der Waals surface area (Å²) in [7, 11) is 0. The summed E-state index contributed by atoms with van der Waals surface area (Å²) in [5.74, 6) is 0.321. The Hall–Kier alpha value is -1.24. The van der Waals surface area contributed by atoms with Crippen molar-refractivity contribution in [2.45, 2.75) is 18.9 Å². The average molecular weight is 434 g/mol. The normalized spacial score (nSPS) is 16.7. The molecule has 3 nitrogen and oxygen atoms in total. The lowest BCUT2D eigenvalue weighted by atomic mass is 9.96. The molecule has 1 aliphatic heterocycles. The Bertz CT molecular complexity index is 651. The summed E-state index contributed by atoms with van der Waals surface area (Å²) < 4.78 is 1.20. The number of ketones is 1. The minimum Gasteiger partial charge on any atom is -0.314 e. The third-order valence-corrected chi connectivity index (χ3v) is 5.25. The number of Topliss-reactive ketones (excluding diaryl/α,β-unsaturated/α-hetero) is 1. The van der Waals surface area contributed by atoms with Crippen LogP contribution in [0.1, 0.15) is 11.1 Å². The van der Waals surface area contributed by atoms with Crippen LogP contribution < -0.4 is 5.32 Å². The van der Waals surface area contributed by atoms with Gasteiger partial charge in [0.2, 0.25) is 0 Å². The van der Waals surface area contributed by atoms with Crippen LogP contribution in [0.25, 0.3) is 0 Å². The lowest BCUT2D eigenvalue weighted by Gasteiger charge is -2.34. The van der Waals surface area contributed by atoms with Crippen molar-refractivity contribution >= 4 is 28.4 Å². The molecule has 1 fully saturated rings. The van der Waals surface area contributed by atoms with E-state index in [0.29, 0.717) is 12.2 Å². The Kier molecular flexibility index (Phi) is 6.40. The molecule has 4 heteroatoms. The zero-order valence-corrected chi connectivity index (χ0v) is 15.9. The molecular formula is C20H23IN2O. The standard InChI is InChI=1S/C20H23IN2O/c21-18-8-6-17(7-9-18)15-20(24)19(23-12-10-22-11-13-23)14-16-4-2-1-3-5-16/h1-9,19,22H,10-15H2. The minimum absolute atomic E-state index is 0.0335. The number of nitrogens with one attached hydrogen (secondary N) is 1. The van der Waals surface area contributed by atoms with E-state index in [-0.39, 0.29) is 6.04 Å².